The minimum absolute atomic E-state index is 0.0202. The lowest BCUT2D eigenvalue weighted by Crippen LogP contribution is -2.34. The number of hydrogen-bond acceptors (Lipinski definition) is 2. The molecule has 2 rings (SSSR count). The van der Waals surface area contributed by atoms with Gasteiger partial charge < -0.3 is 15.3 Å². The molecule has 1 heterocycles. The number of anilines is 1. The standard InChI is InChI=1S/C13H13F3N2O3/c1-6-4-18(5-7(6)12(19)20)13(21)17-9-3-2-8(14)10(15)11(9)16/h2-3,6-7H,4-5H2,1H3,(H,17,21)(H,19,20). The summed E-state index contributed by atoms with van der Waals surface area (Å²) in [6, 6.07) is 0.844. The van der Waals surface area contributed by atoms with Crippen molar-refractivity contribution in [2.45, 2.75) is 6.92 Å². The molecule has 1 aromatic carbocycles. The monoisotopic (exact) mass is 302 g/mol. The molecule has 5 nitrogen and oxygen atoms in total. The molecule has 0 saturated carbocycles. The highest BCUT2D eigenvalue weighted by Gasteiger charge is 2.37. The predicted molar refractivity (Wildman–Crippen MR) is 67.2 cm³/mol. The van der Waals surface area contributed by atoms with Crippen LogP contribution in [0.2, 0.25) is 0 Å². The smallest absolute Gasteiger partial charge is 0.321 e. The third-order valence-corrected chi connectivity index (χ3v) is 3.49. The van der Waals surface area contributed by atoms with Crippen molar-refractivity contribution < 1.29 is 27.9 Å². The first-order valence-electron chi connectivity index (χ1n) is 6.23. The van der Waals surface area contributed by atoms with E-state index in [9.17, 15) is 22.8 Å². The Hall–Kier alpha value is -2.25. The maximum Gasteiger partial charge on any atom is 0.321 e. The van der Waals surface area contributed by atoms with Crippen molar-refractivity contribution in [1.82, 2.24) is 4.90 Å². The van der Waals surface area contributed by atoms with Gasteiger partial charge in [0.05, 0.1) is 11.6 Å². The quantitative estimate of drug-likeness (QED) is 0.824. The predicted octanol–water partition coefficient (Wildman–Crippen LogP) is 2.29. The van der Waals surface area contributed by atoms with Crippen LogP contribution < -0.4 is 5.32 Å². The van der Waals surface area contributed by atoms with Crippen LogP contribution in [-0.4, -0.2) is 35.1 Å². The SMILES string of the molecule is CC1CN(C(=O)Nc2ccc(F)c(F)c2F)CC1C(=O)O. The van der Waals surface area contributed by atoms with E-state index in [-0.39, 0.29) is 19.0 Å². The Labute approximate surface area is 118 Å². The Bertz CT molecular complexity index is 594. The van der Waals surface area contributed by atoms with Gasteiger partial charge in [-0.3, -0.25) is 4.79 Å². The van der Waals surface area contributed by atoms with E-state index in [0.29, 0.717) is 6.07 Å². The van der Waals surface area contributed by atoms with Crippen LogP contribution in [-0.2, 0) is 4.79 Å². The number of carboxylic acids is 1. The molecule has 0 radical (unpaired) electrons. The van der Waals surface area contributed by atoms with Crippen LogP contribution in [0.4, 0.5) is 23.7 Å². The summed E-state index contributed by atoms with van der Waals surface area (Å²) in [5.74, 6) is -6.49. The van der Waals surface area contributed by atoms with Crippen molar-refractivity contribution in [2.24, 2.45) is 11.8 Å². The van der Waals surface area contributed by atoms with Crippen molar-refractivity contribution in [1.29, 1.82) is 0 Å². The number of rotatable bonds is 2. The second kappa shape index (κ2) is 5.63. The van der Waals surface area contributed by atoms with Crippen LogP contribution in [0.25, 0.3) is 0 Å². The van der Waals surface area contributed by atoms with E-state index in [1.54, 1.807) is 6.92 Å². The van der Waals surface area contributed by atoms with Crippen molar-refractivity contribution in [3.63, 3.8) is 0 Å². The fraction of sp³-hybridized carbons (Fsp3) is 0.385. The van der Waals surface area contributed by atoms with Gasteiger partial charge in [0.15, 0.2) is 17.5 Å². The summed E-state index contributed by atoms with van der Waals surface area (Å²) >= 11 is 0. The molecular formula is C13H13F3N2O3. The molecular weight excluding hydrogens is 289 g/mol. The maximum atomic E-state index is 13.4. The van der Waals surface area contributed by atoms with Crippen molar-refractivity contribution >= 4 is 17.7 Å². The first-order valence-corrected chi connectivity index (χ1v) is 6.23. The minimum Gasteiger partial charge on any atom is -0.481 e. The van der Waals surface area contributed by atoms with E-state index in [1.165, 1.54) is 4.90 Å². The summed E-state index contributed by atoms with van der Waals surface area (Å²) in [4.78, 5) is 24.1. The zero-order valence-electron chi connectivity index (χ0n) is 11.1. The number of urea groups is 1. The zero-order chi connectivity index (χ0) is 15.7. The van der Waals surface area contributed by atoms with Crippen LogP contribution in [0.3, 0.4) is 0 Å². The number of nitrogens with zero attached hydrogens (tertiary/aromatic N) is 1. The van der Waals surface area contributed by atoms with Crippen molar-refractivity contribution in [3.05, 3.63) is 29.6 Å². The number of carbonyl (C=O) groups excluding carboxylic acids is 1. The number of carbonyl (C=O) groups is 2. The molecule has 1 saturated heterocycles. The van der Waals surface area contributed by atoms with Gasteiger partial charge in [-0.1, -0.05) is 6.92 Å². The number of halogens is 3. The molecule has 2 amide bonds. The molecule has 114 valence electrons. The summed E-state index contributed by atoms with van der Waals surface area (Å²) in [5, 5.41) is 11.1. The van der Waals surface area contributed by atoms with Crippen LogP contribution in [0.1, 0.15) is 6.92 Å². The molecule has 1 aliphatic heterocycles. The molecule has 0 aromatic heterocycles. The average Bonchev–Trinajstić information content (AvgIpc) is 2.82. The van der Waals surface area contributed by atoms with Gasteiger partial charge in [0.25, 0.3) is 0 Å². The second-order valence-corrected chi connectivity index (χ2v) is 4.98. The first-order chi connectivity index (χ1) is 9.81. The van der Waals surface area contributed by atoms with Crippen LogP contribution in [0.15, 0.2) is 12.1 Å². The lowest BCUT2D eigenvalue weighted by Gasteiger charge is -2.17. The summed E-state index contributed by atoms with van der Waals surface area (Å²) in [6.45, 7) is 1.85. The normalized spacial score (nSPS) is 21.4. The highest BCUT2D eigenvalue weighted by atomic mass is 19.2. The fourth-order valence-electron chi connectivity index (χ4n) is 2.27. The van der Waals surface area contributed by atoms with E-state index in [2.05, 4.69) is 5.32 Å². The van der Waals surface area contributed by atoms with Gasteiger partial charge in [0, 0.05) is 13.1 Å². The van der Waals surface area contributed by atoms with E-state index in [1.807, 2.05) is 0 Å². The topological polar surface area (TPSA) is 69.6 Å². The third-order valence-electron chi connectivity index (χ3n) is 3.49. The number of hydrogen-bond donors (Lipinski definition) is 2. The number of benzene rings is 1. The maximum absolute atomic E-state index is 13.4. The minimum atomic E-state index is -1.67. The number of carboxylic acid groups (broad SMARTS) is 1. The third kappa shape index (κ3) is 2.93. The van der Waals surface area contributed by atoms with Gasteiger partial charge >= 0.3 is 12.0 Å². The van der Waals surface area contributed by atoms with Gasteiger partial charge in [-0.05, 0) is 18.1 Å². The van der Waals surface area contributed by atoms with Gasteiger partial charge in [-0.25, -0.2) is 18.0 Å². The van der Waals surface area contributed by atoms with Gasteiger partial charge in [0.1, 0.15) is 0 Å². The lowest BCUT2D eigenvalue weighted by atomic mass is 9.99. The Morgan fingerprint density at radius 3 is 2.48 bits per heavy atom. The van der Waals surface area contributed by atoms with Gasteiger partial charge in [-0.2, -0.15) is 0 Å². The molecule has 0 bridgehead atoms. The molecule has 1 aliphatic rings. The van der Waals surface area contributed by atoms with E-state index < -0.39 is 41.1 Å². The van der Waals surface area contributed by atoms with E-state index in [0.717, 1.165) is 6.07 Å². The summed E-state index contributed by atoms with van der Waals surface area (Å²) in [6.07, 6.45) is 0. The molecule has 0 aliphatic carbocycles. The molecule has 2 N–H and O–H groups in total. The first kappa shape index (κ1) is 15.1. The average molecular weight is 302 g/mol. The number of nitrogens with one attached hydrogen (secondary N) is 1. The molecule has 8 heteroatoms. The Morgan fingerprint density at radius 2 is 1.90 bits per heavy atom. The zero-order valence-corrected chi connectivity index (χ0v) is 11.1. The molecule has 1 aromatic rings. The molecule has 0 spiro atoms. The highest BCUT2D eigenvalue weighted by molar-refractivity contribution is 5.90. The highest BCUT2D eigenvalue weighted by Crippen LogP contribution is 2.25. The Morgan fingerprint density at radius 1 is 1.24 bits per heavy atom. The molecule has 2 atom stereocenters. The summed E-state index contributed by atoms with van der Waals surface area (Å²) < 4.78 is 39.3. The number of aliphatic carboxylic acids is 1. The molecule has 21 heavy (non-hydrogen) atoms. The fourth-order valence-corrected chi connectivity index (χ4v) is 2.27. The molecule has 1 fully saturated rings. The lowest BCUT2D eigenvalue weighted by molar-refractivity contribution is -0.142. The van der Waals surface area contributed by atoms with E-state index >= 15 is 0 Å². The van der Waals surface area contributed by atoms with Gasteiger partial charge in [-0.15, -0.1) is 0 Å². The molecule has 2 unspecified atom stereocenters. The van der Waals surface area contributed by atoms with Crippen molar-refractivity contribution in [3.8, 4) is 0 Å². The Kier molecular flexibility index (Phi) is 4.06. The van der Waals surface area contributed by atoms with E-state index in [4.69, 9.17) is 5.11 Å². The number of amides is 2. The van der Waals surface area contributed by atoms with Crippen LogP contribution >= 0.6 is 0 Å². The van der Waals surface area contributed by atoms with Crippen LogP contribution in [0, 0.1) is 29.3 Å². The van der Waals surface area contributed by atoms with Crippen LogP contribution in [0.5, 0.6) is 0 Å². The van der Waals surface area contributed by atoms with Gasteiger partial charge in [0.2, 0.25) is 0 Å². The summed E-state index contributed by atoms with van der Waals surface area (Å²) in [5.41, 5.74) is -0.495. The largest absolute Gasteiger partial charge is 0.481 e. The second-order valence-electron chi connectivity index (χ2n) is 4.98. The summed E-state index contributed by atoms with van der Waals surface area (Å²) in [7, 11) is 0. The number of likely N-dealkylation sites (tertiary alicyclic amines) is 1. The van der Waals surface area contributed by atoms with Crippen molar-refractivity contribution in [2.75, 3.05) is 18.4 Å². The Balaban J connectivity index is 2.10.